The molecule has 0 aliphatic rings. The minimum Gasteiger partial charge on any atom is -0.310 e. The smallest absolute Gasteiger partial charge is 0.0649 e. The summed E-state index contributed by atoms with van der Waals surface area (Å²) in [5.41, 5.74) is 4.55. The molecule has 0 saturated carbocycles. The molecular formula is C15H20ClN3. The first kappa shape index (κ1) is 14.1. The molecule has 0 aliphatic carbocycles. The van der Waals surface area contributed by atoms with E-state index in [1.54, 1.807) is 0 Å². The molecule has 0 amide bonds. The summed E-state index contributed by atoms with van der Waals surface area (Å²) >= 11 is 5.92. The zero-order valence-electron chi connectivity index (χ0n) is 11.9. The minimum absolute atomic E-state index is 0.470. The second kappa shape index (κ2) is 5.76. The van der Waals surface area contributed by atoms with Crippen molar-refractivity contribution < 1.29 is 0 Å². The Bertz CT molecular complexity index is 556. The molecule has 102 valence electrons. The van der Waals surface area contributed by atoms with Crippen molar-refractivity contribution in [2.45, 2.75) is 40.3 Å². The molecule has 1 aromatic heterocycles. The maximum Gasteiger partial charge on any atom is 0.0649 e. The van der Waals surface area contributed by atoms with Gasteiger partial charge in [-0.25, -0.2) is 4.68 Å². The summed E-state index contributed by atoms with van der Waals surface area (Å²) < 4.78 is 1.98. The number of hydrogen-bond acceptors (Lipinski definition) is 2. The molecule has 1 aromatic carbocycles. The van der Waals surface area contributed by atoms with Crippen LogP contribution < -0.4 is 5.32 Å². The molecule has 4 heteroatoms. The fraction of sp³-hybridized carbons (Fsp3) is 0.400. The average Bonchev–Trinajstić information content (AvgIpc) is 2.63. The van der Waals surface area contributed by atoms with Gasteiger partial charge < -0.3 is 5.32 Å². The molecule has 0 unspecified atom stereocenters. The lowest BCUT2D eigenvalue weighted by molar-refractivity contribution is 0.586. The van der Waals surface area contributed by atoms with Crippen LogP contribution in [0.1, 0.15) is 30.8 Å². The van der Waals surface area contributed by atoms with Crippen molar-refractivity contribution in [3.63, 3.8) is 0 Å². The first-order chi connectivity index (χ1) is 8.99. The highest BCUT2D eigenvalue weighted by atomic mass is 35.5. The van der Waals surface area contributed by atoms with Crippen LogP contribution in [0.15, 0.2) is 24.3 Å². The average molecular weight is 278 g/mol. The van der Waals surface area contributed by atoms with Crippen molar-refractivity contribution in [2.24, 2.45) is 0 Å². The highest BCUT2D eigenvalue weighted by Crippen LogP contribution is 2.19. The number of hydrogen-bond donors (Lipinski definition) is 1. The third-order valence-corrected chi connectivity index (χ3v) is 3.45. The highest BCUT2D eigenvalue weighted by Gasteiger charge is 2.12. The van der Waals surface area contributed by atoms with Crippen LogP contribution in [-0.4, -0.2) is 15.8 Å². The van der Waals surface area contributed by atoms with Crippen molar-refractivity contribution in [1.82, 2.24) is 15.1 Å². The molecule has 0 aliphatic heterocycles. The largest absolute Gasteiger partial charge is 0.310 e. The van der Waals surface area contributed by atoms with Crippen molar-refractivity contribution in [2.75, 3.05) is 0 Å². The molecule has 0 fully saturated rings. The predicted molar refractivity (Wildman–Crippen MR) is 80.0 cm³/mol. The number of halogens is 1. The highest BCUT2D eigenvalue weighted by molar-refractivity contribution is 6.30. The van der Waals surface area contributed by atoms with Crippen LogP contribution in [-0.2, 0) is 6.54 Å². The minimum atomic E-state index is 0.470. The number of benzene rings is 1. The lowest BCUT2D eigenvalue weighted by Crippen LogP contribution is -2.22. The van der Waals surface area contributed by atoms with E-state index in [1.807, 2.05) is 28.9 Å². The van der Waals surface area contributed by atoms with Crippen LogP contribution in [0.3, 0.4) is 0 Å². The molecular weight excluding hydrogens is 258 g/mol. The number of rotatable bonds is 4. The summed E-state index contributed by atoms with van der Waals surface area (Å²) in [6, 6.07) is 8.22. The molecule has 0 saturated heterocycles. The Morgan fingerprint density at radius 3 is 2.42 bits per heavy atom. The standard InChI is InChI=1S/C15H20ClN3/c1-10(2)17-9-15-11(3)18-19(12(15)4)14-7-5-13(16)6-8-14/h5-8,10,17H,9H2,1-4H3. The Morgan fingerprint density at radius 1 is 1.21 bits per heavy atom. The van der Waals surface area contributed by atoms with E-state index in [9.17, 15) is 0 Å². The van der Waals surface area contributed by atoms with E-state index in [4.69, 9.17) is 11.6 Å². The van der Waals surface area contributed by atoms with Crippen LogP contribution in [0, 0.1) is 13.8 Å². The van der Waals surface area contributed by atoms with Gasteiger partial charge in [-0.15, -0.1) is 0 Å². The fourth-order valence-corrected chi connectivity index (χ4v) is 2.20. The molecule has 1 heterocycles. The van der Waals surface area contributed by atoms with Gasteiger partial charge in [0.05, 0.1) is 11.4 Å². The molecule has 3 nitrogen and oxygen atoms in total. The number of aryl methyl sites for hydroxylation is 1. The van der Waals surface area contributed by atoms with Crippen LogP contribution >= 0.6 is 11.6 Å². The van der Waals surface area contributed by atoms with Gasteiger partial charge in [0.25, 0.3) is 0 Å². The van der Waals surface area contributed by atoms with Crippen LogP contribution in [0.4, 0.5) is 0 Å². The second-order valence-electron chi connectivity index (χ2n) is 5.07. The quantitative estimate of drug-likeness (QED) is 0.925. The van der Waals surface area contributed by atoms with E-state index < -0.39 is 0 Å². The summed E-state index contributed by atoms with van der Waals surface area (Å²) in [6.45, 7) is 9.30. The second-order valence-corrected chi connectivity index (χ2v) is 5.51. The molecule has 0 spiro atoms. The summed E-state index contributed by atoms with van der Waals surface area (Å²) in [6.07, 6.45) is 0. The first-order valence-corrected chi connectivity index (χ1v) is 6.91. The van der Waals surface area contributed by atoms with Gasteiger partial charge in [0.2, 0.25) is 0 Å². The van der Waals surface area contributed by atoms with Gasteiger partial charge >= 0.3 is 0 Å². The van der Waals surface area contributed by atoms with Gasteiger partial charge in [-0.1, -0.05) is 25.4 Å². The topological polar surface area (TPSA) is 29.9 Å². The van der Waals surface area contributed by atoms with Crippen LogP contribution in [0.2, 0.25) is 5.02 Å². The lowest BCUT2D eigenvalue weighted by Gasteiger charge is -2.09. The molecule has 1 N–H and O–H groups in total. The van der Waals surface area contributed by atoms with Gasteiger partial charge in [-0.05, 0) is 38.1 Å². The lowest BCUT2D eigenvalue weighted by atomic mass is 10.2. The molecule has 0 bridgehead atoms. The zero-order valence-corrected chi connectivity index (χ0v) is 12.6. The van der Waals surface area contributed by atoms with Crippen LogP contribution in [0.5, 0.6) is 0 Å². The third kappa shape index (κ3) is 3.17. The summed E-state index contributed by atoms with van der Waals surface area (Å²) in [5.74, 6) is 0. The maximum absolute atomic E-state index is 5.92. The van der Waals surface area contributed by atoms with Crippen molar-refractivity contribution in [1.29, 1.82) is 0 Å². The van der Waals surface area contributed by atoms with Gasteiger partial charge in [0, 0.05) is 28.9 Å². The molecule has 2 rings (SSSR count). The van der Waals surface area contributed by atoms with Gasteiger partial charge in [0.15, 0.2) is 0 Å². The SMILES string of the molecule is Cc1nn(-c2ccc(Cl)cc2)c(C)c1CNC(C)C. The Hall–Kier alpha value is -1.32. The summed E-state index contributed by atoms with van der Waals surface area (Å²) in [4.78, 5) is 0. The van der Waals surface area contributed by atoms with E-state index >= 15 is 0 Å². The molecule has 2 aromatic rings. The van der Waals surface area contributed by atoms with Gasteiger partial charge in [-0.2, -0.15) is 5.10 Å². The Kier molecular flexibility index (Phi) is 4.27. The monoisotopic (exact) mass is 277 g/mol. The maximum atomic E-state index is 5.92. The van der Waals surface area contributed by atoms with E-state index in [-0.39, 0.29) is 0 Å². The third-order valence-electron chi connectivity index (χ3n) is 3.20. The Morgan fingerprint density at radius 2 is 1.84 bits per heavy atom. The van der Waals surface area contributed by atoms with Crippen LogP contribution in [0.25, 0.3) is 5.69 Å². The van der Waals surface area contributed by atoms with Crippen molar-refractivity contribution in [3.05, 3.63) is 46.2 Å². The van der Waals surface area contributed by atoms with Crippen molar-refractivity contribution >= 4 is 11.6 Å². The first-order valence-electron chi connectivity index (χ1n) is 6.53. The summed E-state index contributed by atoms with van der Waals surface area (Å²) in [5, 5.41) is 8.81. The van der Waals surface area contributed by atoms with Gasteiger partial charge in [-0.3, -0.25) is 0 Å². The van der Waals surface area contributed by atoms with E-state index in [2.05, 4.69) is 38.1 Å². The van der Waals surface area contributed by atoms with E-state index in [1.165, 1.54) is 11.3 Å². The zero-order chi connectivity index (χ0) is 14.0. The normalized spacial score (nSPS) is 11.3. The van der Waals surface area contributed by atoms with E-state index in [0.29, 0.717) is 6.04 Å². The molecule has 0 atom stereocenters. The number of aromatic nitrogens is 2. The molecule has 19 heavy (non-hydrogen) atoms. The number of nitrogens with one attached hydrogen (secondary N) is 1. The fourth-order valence-electron chi connectivity index (χ4n) is 2.07. The molecule has 0 radical (unpaired) electrons. The Labute approximate surface area is 119 Å². The number of nitrogens with zero attached hydrogens (tertiary/aromatic N) is 2. The van der Waals surface area contributed by atoms with Crippen molar-refractivity contribution in [3.8, 4) is 5.69 Å². The predicted octanol–water partition coefficient (Wildman–Crippen LogP) is 3.64. The Balaban J connectivity index is 2.32. The van der Waals surface area contributed by atoms with E-state index in [0.717, 1.165) is 22.9 Å². The summed E-state index contributed by atoms with van der Waals surface area (Å²) in [7, 11) is 0. The van der Waals surface area contributed by atoms with Gasteiger partial charge in [0.1, 0.15) is 0 Å².